The van der Waals surface area contributed by atoms with Gasteiger partial charge in [-0.05, 0) is 90.8 Å². The Morgan fingerprint density at radius 3 is 2.65 bits per heavy atom. The van der Waals surface area contributed by atoms with Gasteiger partial charge in [-0.15, -0.1) is 0 Å². The number of piperidine rings is 1. The lowest BCUT2D eigenvalue weighted by Crippen LogP contribution is -2.37. The molecule has 2 aliphatic heterocycles. The van der Waals surface area contributed by atoms with Crippen LogP contribution in [0.5, 0.6) is 5.75 Å². The number of rotatable bonds is 10. The van der Waals surface area contributed by atoms with E-state index in [-0.39, 0.29) is 23.9 Å². The van der Waals surface area contributed by atoms with E-state index in [0.29, 0.717) is 16.4 Å². The van der Waals surface area contributed by atoms with Crippen molar-refractivity contribution in [3.8, 4) is 16.9 Å². The molecule has 6 rings (SSSR count). The first-order chi connectivity index (χ1) is 23.1. The van der Waals surface area contributed by atoms with Crippen molar-refractivity contribution >= 4 is 28.6 Å². The van der Waals surface area contributed by atoms with Crippen LogP contribution in [-0.4, -0.2) is 66.6 Å². The Kier molecular flexibility index (Phi) is 10.2. The standard InChI is InChI=1S/C36H49ClN8O3/c1-8-11-29(48-36(4,5)6)43-15-13-26(14-16-43)45-20-25(19-41-45)31-23(2)28(37)18-27(33(31)46-7)24(3)42-34-32-35(39-21-38-34)44(22-40-32)30-12-9-10-17-47-30/h11,18-22,24,26,30H,8-10,12-17H2,1-7H3,(H,38,39,42)/b29-11+. The molecule has 0 bridgehead atoms. The second kappa shape index (κ2) is 14.3. The van der Waals surface area contributed by atoms with Gasteiger partial charge in [-0.3, -0.25) is 9.25 Å². The van der Waals surface area contributed by atoms with E-state index in [0.717, 1.165) is 97.8 Å². The molecular formula is C36H49ClN8O3. The molecule has 258 valence electrons. The van der Waals surface area contributed by atoms with Crippen molar-refractivity contribution in [3.05, 3.63) is 59.2 Å². The van der Waals surface area contributed by atoms with Gasteiger partial charge in [-0.25, -0.2) is 15.0 Å². The maximum Gasteiger partial charge on any atom is 0.185 e. The minimum absolute atomic E-state index is 0.0613. The highest BCUT2D eigenvalue weighted by molar-refractivity contribution is 6.32. The fraction of sp³-hybridized carbons (Fsp3) is 0.556. The molecule has 2 saturated heterocycles. The number of anilines is 1. The molecule has 2 atom stereocenters. The minimum atomic E-state index is -0.234. The third-order valence-electron chi connectivity index (χ3n) is 9.18. The predicted octanol–water partition coefficient (Wildman–Crippen LogP) is 8.24. The van der Waals surface area contributed by atoms with Gasteiger partial charge in [0.1, 0.15) is 23.9 Å². The largest absolute Gasteiger partial charge is 0.496 e. The van der Waals surface area contributed by atoms with Gasteiger partial charge in [0, 0.05) is 47.6 Å². The highest BCUT2D eigenvalue weighted by atomic mass is 35.5. The van der Waals surface area contributed by atoms with Crippen molar-refractivity contribution in [1.29, 1.82) is 0 Å². The molecule has 1 aromatic carbocycles. The van der Waals surface area contributed by atoms with Gasteiger partial charge >= 0.3 is 0 Å². The summed E-state index contributed by atoms with van der Waals surface area (Å²) < 4.78 is 22.5. The molecule has 48 heavy (non-hydrogen) atoms. The zero-order valence-corrected chi connectivity index (χ0v) is 30.0. The van der Waals surface area contributed by atoms with E-state index in [4.69, 9.17) is 30.9 Å². The van der Waals surface area contributed by atoms with Crippen LogP contribution in [0.2, 0.25) is 5.02 Å². The van der Waals surface area contributed by atoms with Gasteiger partial charge in [-0.1, -0.05) is 18.5 Å². The normalized spacial score (nSPS) is 18.7. The first kappa shape index (κ1) is 34.0. The fourth-order valence-corrected chi connectivity index (χ4v) is 6.98. The number of imidazole rings is 1. The number of nitrogens with one attached hydrogen (secondary N) is 1. The third kappa shape index (κ3) is 7.12. The van der Waals surface area contributed by atoms with E-state index >= 15 is 0 Å². The first-order valence-electron chi connectivity index (χ1n) is 17.2. The quantitative estimate of drug-likeness (QED) is 0.166. The van der Waals surface area contributed by atoms with Gasteiger partial charge < -0.3 is 24.4 Å². The lowest BCUT2D eigenvalue weighted by molar-refractivity contribution is -0.0298. The average Bonchev–Trinajstić information content (AvgIpc) is 3.74. The van der Waals surface area contributed by atoms with E-state index in [1.165, 1.54) is 0 Å². The van der Waals surface area contributed by atoms with Crippen molar-refractivity contribution < 1.29 is 14.2 Å². The Morgan fingerprint density at radius 2 is 1.96 bits per heavy atom. The molecular weight excluding hydrogens is 628 g/mol. The van der Waals surface area contributed by atoms with Crippen LogP contribution in [0.25, 0.3) is 22.3 Å². The zero-order valence-electron chi connectivity index (χ0n) is 29.3. The molecule has 2 unspecified atom stereocenters. The first-order valence-corrected chi connectivity index (χ1v) is 17.6. The number of hydrogen-bond donors (Lipinski definition) is 1. The molecule has 0 saturated carbocycles. The number of likely N-dealkylation sites (tertiary alicyclic amines) is 1. The maximum absolute atomic E-state index is 6.91. The fourth-order valence-electron chi connectivity index (χ4n) is 6.77. The second-order valence-corrected chi connectivity index (χ2v) is 14.2. The topological polar surface area (TPSA) is 104 Å². The van der Waals surface area contributed by atoms with Gasteiger partial charge in [0.25, 0.3) is 0 Å². The van der Waals surface area contributed by atoms with Crippen molar-refractivity contribution in [2.75, 3.05) is 32.1 Å². The van der Waals surface area contributed by atoms with Crippen LogP contribution in [0.1, 0.15) is 103 Å². The van der Waals surface area contributed by atoms with Crippen LogP contribution in [-0.2, 0) is 9.47 Å². The number of nitrogens with zero attached hydrogens (tertiary/aromatic N) is 7. The summed E-state index contributed by atoms with van der Waals surface area (Å²) in [6.07, 6.45) is 15.6. The summed E-state index contributed by atoms with van der Waals surface area (Å²) in [5.74, 6) is 2.38. The molecule has 0 aliphatic carbocycles. The molecule has 0 amide bonds. The Balaban J connectivity index is 1.23. The Labute approximate surface area is 288 Å². The molecule has 0 radical (unpaired) electrons. The van der Waals surface area contributed by atoms with Crippen LogP contribution < -0.4 is 10.1 Å². The number of benzene rings is 1. The predicted molar refractivity (Wildman–Crippen MR) is 189 cm³/mol. The highest BCUT2D eigenvalue weighted by Crippen LogP contribution is 2.43. The number of allylic oxidation sites excluding steroid dienone is 1. The van der Waals surface area contributed by atoms with Crippen molar-refractivity contribution in [3.63, 3.8) is 0 Å². The number of aromatic nitrogens is 6. The Hall–Kier alpha value is -3.83. The van der Waals surface area contributed by atoms with Crippen molar-refractivity contribution in [1.82, 2.24) is 34.2 Å². The van der Waals surface area contributed by atoms with Gasteiger partial charge in [0.05, 0.1) is 31.7 Å². The van der Waals surface area contributed by atoms with Crippen LogP contribution in [0.15, 0.2) is 43.1 Å². The van der Waals surface area contributed by atoms with Gasteiger partial charge in [0.15, 0.2) is 22.9 Å². The maximum atomic E-state index is 6.91. The summed E-state index contributed by atoms with van der Waals surface area (Å²) in [4.78, 5) is 16.2. The monoisotopic (exact) mass is 676 g/mol. The molecule has 1 N–H and O–H groups in total. The number of hydrogen-bond acceptors (Lipinski definition) is 9. The lowest BCUT2D eigenvalue weighted by atomic mass is 9.95. The Bertz CT molecular complexity index is 1750. The summed E-state index contributed by atoms with van der Waals surface area (Å²) in [6, 6.07) is 2.06. The lowest BCUT2D eigenvalue weighted by Gasteiger charge is -2.37. The van der Waals surface area contributed by atoms with Crippen LogP contribution in [0.4, 0.5) is 5.82 Å². The van der Waals surface area contributed by atoms with Crippen LogP contribution >= 0.6 is 11.6 Å². The number of fused-ring (bicyclic) bond motifs is 1. The van der Waals surface area contributed by atoms with E-state index in [9.17, 15) is 0 Å². The molecule has 2 aliphatic rings. The summed E-state index contributed by atoms with van der Waals surface area (Å²) in [7, 11) is 1.71. The molecule has 11 nitrogen and oxygen atoms in total. The van der Waals surface area contributed by atoms with Crippen molar-refractivity contribution in [2.45, 2.75) is 104 Å². The smallest absolute Gasteiger partial charge is 0.185 e. The van der Waals surface area contributed by atoms with E-state index in [2.05, 4.69) is 76.7 Å². The zero-order chi connectivity index (χ0) is 34.0. The van der Waals surface area contributed by atoms with Crippen molar-refractivity contribution in [2.24, 2.45) is 0 Å². The molecule has 4 aromatic rings. The Morgan fingerprint density at radius 1 is 1.17 bits per heavy atom. The number of halogens is 1. The molecule has 3 aromatic heterocycles. The summed E-state index contributed by atoms with van der Waals surface area (Å²) >= 11 is 6.91. The number of methoxy groups -OCH3 is 1. The SMILES string of the molecule is CC/C=C(/OC(C)(C)C)N1CCC(n2cc(-c3c(C)c(Cl)cc(C(C)Nc4ncnc5c4ncn5C4CCCCO4)c3OC)cn2)CC1. The second-order valence-electron chi connectivity index (χ2n) is 13.8. The van der Waals surface area contributed by atoms with Gasteiger partial charge in [-0.2, -0.15) is 5.10 Å². The highest BCUT2D eigenvalue weighted by Gasteiger charge is 2.28. The van der Waals surface area contributed by atoms with Crippen LogP contribution in [0.3, 0.4) is 0 Å². The van der Waals surface area contributed by atoms with E-state index in [1.54, 1.807) is 19.8 Å². The molecule has 0 spiro atoms. The minimum Gasteiger partial charge on any atom is -0.496 e. The molecule has 12 heteroatoms. The summed E-state index contributed by atoms with van der Waals surface area (Å²) in [5.41, 5.74) is 4.99. The summed E-state index contributed by atoms with van der Waals surface area (Å²) in [5, 5.41) is 9.07. The summed E-state index contributed by atoms with van der Waals surface area (Å²) in [6.45, 7) is 15.1. The van der Waals surface area contributed by atoms with Crippen LogP contribution in [0, 0.1) is 6.92 Å². The van der Waals surface area contributed by atoms with E-state index in [1.807, 2.05) is 23.8 Å². The molecule has 5 heterocycles. The third-order valence-corrected chi connectivity index (χ3v) is 9.58. The van der Waals surface area contributed by atoms with E-state index < -0.39 is 0 Å². The van der Waals surface area contributed by atoms with Gasteiger partial charge in [0.2, 0.25) is 0 Å². The molecule has 2 fully saturated rings. The average molecular weight is 677 g/mol. The number of ether oxygens (including phenoxy) is 3.